The zero-order valence-corrected chi connectivity index (χ0v) is 11.7. The molecule has 1 saturated heterocycles. The molecular formula is C14H20N4O2. The molecule has 1 aliphatic heterocycles. The molecule has 0 unspecified atom stereocenters. The number of aryl methyl sites for hydroxylation is 1. The summed E-state index contributed by atoms with van der Waals surface area (Å²) in [5.41, 5.74) is 1.68. The zero-order chi connectivity index (χ0) is 14.4. The molecule has 0 aromatic carbocycles. The Hall–Kier alpha value is -2.11. The van der Waals surface area contributed by atoms with Gasteiger partial charge in [-0.05, 0) is 31.4 Å². The lowest BCUT2D eigenvalue weighted by molar-refractivity contribution is -0.127. The average molecular weight is 276 g/mol. The first-order valence-electron chi connectivity index (χ1n) is 6.90. The second-order valence-corrected chi connectivity index (χ2v) is 4.91. The quantitative estimate of drug-likeness (QED) is 0.801. The Kier molecular flexibility index (Phi) is 4.92. The summed E-state index contributed by atoms with van der Waals surface area (Å²) in [6, 6.07) is 1.60. The number of hydrogen-bond acceptors (Lipinski definition) is 3. The molecule has 0 atom stereocenters. The maximum Gasteiger partial charge on any atom is 0.319 e. The van der Waals surface area contributed by atoms with Crippen molar-refractivity contribution in [3.8, 4) is 0 Å². The fourth-order valence-corrected chi connectivity index (χ4v) is 2.17. The Bertz CT molecular complexity index is 490. The fraction of sp³-hybridized carbons (Fsp3) is 0.500. The minimum Gasteiger partial charge on any atom is -0.343 e. The smallest absolute Gasteiger partial charge is 0.319 e. The van der Waals surface area contributed by atoms with Crippen molar-refractivity contribution >= 4 is 17.6 Å². The Labute approximate surface area is 118 Å². The molecule has 0 aliphatic carbocycles. The van der Waals surface area contributed by atoms with Crippen LogP contribution in [0, 0.1) is 6.92 Å². The van der Waals surface area contributed by atoms with Crippen LogP contribution >= 0.6 is 0 Å². The van der Waals surface area contributed by atoms with Crippen molar-refractivity contribution in [1.29, 1.82) is 0 Å². The van der Waals surface area contributed by atoms with Gasteiger partial charge in [0, 0.05) is 32.3 Å². The lowest BCUT2D eigenvalue weighted by Gasteiger charge is -2.15. The van der Waals surface area contributed by atoms with E-state index in [2.05, 4.69) is 15.6 Å². The van der Waals surface area contributed by atoms with E-state index in [9.17, 15) is 9.59 Å². The second-order valence-electron chi connectivity index (χ2n) is 4.91. The van der Waals surface area contributed by atoms with Gasteiger partial charge < -0.3 is 15.5 Å². The topological polar surface area (TPSA) is 74.3 Å². The molecular weight excluding hydrogens is 256 g/mol. The molecule has 1 aromatic rings. The molecule has 2 heterocycles. The van der Waals surface area contributed by atoms with Gasteiger partial charge >= 0.3 is 6.03 Å². The number of hydrogen-bond donors (Lipinski definition) is 2. The summed E-state index contributed by atoms with van der Waals surface area (Å²) in [6.07, 6.45) is 5.69. The van der Waals surface area contributed by atoms with Crippen molar-refractivity contribution in [2.45, 2.75) is 26.2 Å². The number of nitrogens with one attached hydrogen (secondary N) is 2. The van der Waals surface area contributed by atoms with Gasteiger partial charge in [0.2, 0.25) is 5.91 Å². The number of pyridine rings is 1. The number of urea groups is 1. The number of nitrogens with zero attached hydrogens (tertiary/aromatic N) is 2. The Balaban J connectivity index is 1.65. The minimum atomic E-state index is -0.242. The van der Waals surface area contributed by atoms with Crippen LogP contribution in [0.25, 0.3) is 0 Å². The number of rotatable bonds is 5. The van der Waals surface area contributed by atoms with Crippen LogP contribution in [-0.4, -0.2) is 41.5 Å². The standard InChI is InChI=1S/C14H20N4O2/c1-11-5-7-15-10-12(11)17-14(20)16-6-3-9-18-8-2-4-13(18)19/h5,7,10H,2-4,6,8-9H2,1H3,(H2,16,17,20). The van der Waals surface area contributed by atoms with Crippen molar-refractivity contribution in [3.63, 3.8) is 0 Å². The molecule has 0 radical (unpaired) electrons. The van der Waals surface area contributed by atoms with Crippen LogP contribution in [0.1, 0.15) is 24.8 Å². The van der Waals surface area contributed by atoms with Crippen LogP contribution in [0.2, 0.25) is 0 Å². The highest BCUT2D eigenvalue weighted by Crippen LogP contribution is 2.11. The summed E-state index contributed by atoms with van der Waals surface area (Å²) in [4.78, 5) is 28.9. The lowest BCUT2D eigenvalue weighted by Crippen LogP contribution is -2.33. The van der Waals surface area contributed by atoms with Gasteiger partial charge in [-0.15, -0.1) is 0 Å². The van der Waals surface area contributed by atoms with Gasteiger partial charge in [-0.1, -0.05) is 0 Å². The van der Waals surface area contributed by atoms with Gasteiger partial charge in [-0.25, -0.2) is 4.79 Å². The van der Waals surface area contributed by atoms with Gasteiger partial charge in [0.05, 0.1) is 11.9 Å². The third kappa shape index (κ3) is 3.94. The van der Waals surface area contributed by atoms with E-state index in [1.165, 1.54) is 0 Å². The zero-order valence-electron chi connectivity index (χ0n) is 11.7. The van der Waals surface area contributed by atoms with E-state index < -0.39 is 0 Å². The van der Waals surface area contributed by atoms with Gasteiger partial charge in [0.15, 0.2) is 0 Å². The summed E-state index contributed by atoms with van der Waals surface area (Å²) in [5, 5.41) is 5.54. The van der Waals surface area contributed by atoms with Crippen molar-refractivity contribution < 1.29 is 9.59 Å². The first-order valence-corrected chi connectivity index (χ1v) is 6.90. The summed E-state index contributed by atoms with van der Waals surface area (Å²) in [7, 11) is 0. The normalized spacial score (nSPS) is 14.4. The third-order valence-electron chi connectivity index (χ3n) is 3.35. The first-order chi connectivity index (χ1) is 9.66. The van der Waals surface area contributed by atoms with Crippen LogP contribution in [-0.2, 0) is 4.79 Å². The largest absolute Gasteiger partial charge is 0.343 e. The number of carbonyl (C=O) groups excluding carboxylic acids is 2. The maximum absolute atomic E-state index is 11.7. The molecule has 6 nitrogen and oxygen atoms in total. The Morgan fingerprint density at radius 3 is 3.05 bits per heavy atom. The highest BCUT2D eigenvalue weighted by Gasteiger charge is 2.18. The van der Waals surface area contributed by atoms with Crippen LogP contribution in [0.15, 0.2) is 18.5 Å². The SMILES string of the molecule is Cc1ccncc1NC(=O)NCCCN1CCCC1=O. The lowest BCUT2D eigenvalue weighted by atomic mass is 10.2. The molecule has 20 heavy (non-hydrogen) atoms. The monoisotopic (exact) mass is 276 g/mol. The van der Waals surface area contributed by atoms with E-state index in [1.54, 1.807) is 12.4 Å². The van der Waals surface area contributed by atoms with Gasteiger partial charge in [-0.2, -0.15) is 0 Å². The molecule has 2 N–H and O–H groups in total. The molecule has 0 spiro atoms. The molecule has 1 aliphatic rings. The Morgan fingerprint density at radius 2 is 2.35 bits per heavy atom. The third-order valence-corrected chi connectivity index (χ3v) is 3.35. The number of amides is 3. The number of carbonyl (C=O) groups is 2. The van der Waals surface area contributed by atoms with Crippen molar-refractivity contribution in [2.75, 3.05) is 25.0 Å². The van der Waals surface area contributed by atoms with Gasteiger partial charge in [0.25, 0.3) is 0 Å². The highest BCUT2D eigenvalue weighted by atomic mass is 16.2. The number of aromatic nitrogens is 1. The molecule has 1 fully saturated rings. The fourth-order valence-electron chi connectivity index (χ4n) is 2.17. The molecule has 0 bridgehead atoms. The molecule has 0 saturated carbocycles. The predicted octanol–water partition coefficient (Wildman–Crippen LogP) is 1.52. The molecule has 108 valence electrons. The number of anilines is 1. The van der Waals surface area contributed by atoms with Crippen molar-refractivity contribution in [2.24, 2.45) is 0 Å². The summed E-state index contributed by atoms with van der Waals surface area (Å²) < 4.78 is 0. The van der Waals surface area contributed by atoms with E-state index in [4.69, 9.17) is 0 Å². The van der Waals surface area contributed by atoms with Gasteiger partial charge in [-0.3, -0.25) is 9.78 Å². The van der Waals surface area contributed by atoms with Crippen molar-refractivity contribution in [1.82, 2.24) is 15.2 Å². The second kappa shape index (κ2) is 6.88. The maximum atomic E-state index is 11.7. The van der Waals surface area contributed by atoms with Crippen LogP contribution < -0.4 is 10.6 Å². The first kappa shape index (κ1) is 14.3. The summed E-state index contributed by atoms with van der Waals surface area (Å²) >= 11 is 0. The van der Waals surface area contributed by atoms with Crippen LogP contribution in [0.5, 0.6) is 0 Å². The van der Waals surface area contributed by atoms with Crippen LogP contribution in [0.4, 0.5) is 10.5 Å². The van der Waals surface area contributed by atoms with E-state index in [0.29, 0.717) is 25.2 Å². The minimum absolute atomic E-state index is 0.223. The van der Waals surface area contributed by atoms with E-state index in [-0.39, 0.29) is 11.9 Å². The summed E-state index contributed by atoms with van der Waals surface area (Å²) in [5.74, 6) is 0.223. The van der Waals surface area contributed by atoms with Crippen molar-refractivity contribution in [3.05, 3.63) is 24.0 Å². The average Bonchev–Trinajstić information content (AvgIpc) is 2.83. The molecule has 1 aromatic heterocycles. The predicted molar refractivity (Wildman–Crippen MR) is 76.4 cm³/mol. The molecule has 3 amide bonds. The van der Waals surface area contributed by atoms with E-state index >= 15 is 0 Å². The number of likely N-dealkylation sites (tertiary alicyclic amines) is 1. The molecule has 6 heteroatoms. The van der Waals surface area contributed by atoms with E-state index in [0.717, 1.165) is 24.9 Å². The van der Waals surface area contributed by atoms with Crippen LogP contribution in [0.3, 0.4) is 0 Å². The van der Waals surface area contributed by atoms with E-state index in [1.807, 2.05) is 17.9 Å². The van der Waals surface area contributed by atoms with Gasteiger partial charge in [0.1, 0.15) is 0 Å². The molecule has 2 rings (SSSR count). The highest BCUT2D eigenvalue weighted by molar-refractivity contribution is 5.89. The Morgan fingerprint density at radius 1 is 1.50 bits per heavy atom. The summed E-state index contributed by atoms with van der Waals surface area (Å²) in [6.45, 7) is 4.02.